The summed E-state index contributed by atoms with van der Waals surface area (Å²) in [6.45, 7) is 0.695. The van der Waals surface area contributed by atoms with E-state index in [0.717, 1.165) is 12.1 Å². The number of rotatable bonds is 8. The molecule has 200 valence electrons. The van der Waals surface area contributed by atoms with Gasteiger partial charge in [-0.3, -0.25) is 4.79 Å². The lowest BCUT2D eigenvalue weighted by Crippen LogP contribution is -2.49. The highest BCUT2D eigenvalue weighted by Gasteiger charge is 2.65. The van der Waals surface area contributed by atoms with Crippen LogP contribution in [0, 0.1) is 28.5 Å². The standard InChI is InChI=1S/C24H16ClF6N3O3S/c1-24(13-33,34-23(35)16-3-6-18(7-4-16)38(27,28,29,30)31)14-36-22-10-15(12-32)2-8-21(22)37-20-9-5-17(26)11-19(20)25/h2-11H,14H2,1H3,(H,34,35). The second-order valence-corrected chi connectivity index (χ2v) is 10.9. The van der Waals surface area contributed by atoms with E-state index in [9.17, 15) is 39.1 Å². The molecule has 0 aromatic heterocycles. The van der Waals surface area contributed by atoms with E-state index in [1.807, 2.05) is 6.07 Å². The molecule has 0 fully saturated rings. The number of benzene rings is 3. The van der Waals surface area contributed by atoms with Crippen molar-refractivity contribution in [1.82, 2.24) is 5.32 Å². The summed E-state index contributed by atoms with van der Waals surface area (Å²) in [5.74, 6) is -1.63. The maximum absolute atomic E-state index is 13.3. The summed E-state index contributed by atoms with van der Waals surface area (Å²) in [5.41, 5.74) is -2.05. The summed E-state index contributed by atoms with van der Waals surface area (Å²) in [4.78, 5) is 10.4. The number of nitriles is 2. The van der Waals surface area contributed by atoms with Crippen molar-refractivity contribution >= 4 is 27.7 Å². The number of amides is 1. The van der Waals surface area contributed by atoms with Crippen LogP contribution >= 0.6 is 21.8 Å². The molecular formula is C24H16ClF6N3O3S. The molecule has 0 aliphatic heterocycles. The zero-order valence-electron chi connectivity index (χ0n) is 19.2. The number of ether oxygens (including phenoxy) is 2. The Bertz CT molecular complexity index is 1490. The van der Waals surface area contributed by atoms with Crippen molar-refractivity contribution in [3.8, 4) is 29.4 Å². The van der Waals surface area contributed by atoms with Gasteiger partial charge in [0, 0.05) is 11.6 Å². The Morgan fingerprint density at radius 3 is 2.16 bits per heavy atom. The summed E-state index contributed by atoms with van der Waals surface area (Å²) in [6.07, 6.45) is 0. The van der Waals surface area contributed by atoms with Crippen molar-refractivity contribution in [2.24, 2.45) is 0 Å². The van der Waals surface area contributed by atoms with Crippen LogP contribution in [-0.2, 0) is 0 Å². The predicted octanol–water partition coefficient (Wildman–Crippen LogP) is 7.89. The van der Waals surface area contributed by atoms with Gasteiger partial charge in [-0.25, -0.2) is 4.39 Å². The largest absolute Gasteiger partial charge is 0.486 e. The highest BCUT2D eigenvalue weighted by atomic mass is 35.5. The van der Waals surface area contributed by atoms with Crippen LogP contribution in [0.2, 0.25) is 5.02 Å². The van der Waals surface area contributed by atoms with Crippen LogP contribution in [0.3, 0.4) is 0 Å². The molecule has 14 heteroatoms. The predicted molar refractivity (Wildman–Crippen MR) is 127 cm³/mol. The molecule has 1 atom stereocenters. The number of nitrogens with one attached hydrogen (secondary N) is 1. The summed E-state index contributed by atoms with van der Waals surface area (Å²) in [6, 6.07) is 12.3. The third-order valence-electron chi connectivity index (χ3n) is 4.90. The number of nitrogens with zero attached hydrogens (tertiary/aromatic N) is 2. The molecule has 3 aromatic carbocycles. The van der Waals surface area contributed by atoms with Gasteiger partial charge in [-0.1, -0.05) is 31.0 Å². The maximum Gasteiger partial charge on any atom is 0.310 e. The minimum Gasteiger partial charge on any atom is -0.486 e. The van der Waals surface area contributed by atoms with E-state index >= 15 is 0 Å². The lowest BCUT2D eigenvalue weighted by atomic mass is 10.0. The number of carbonyl (C=O) groups excluding carboxylic acids is 1. The molecule has 0 aliphatic carbocycles. The van der Waals surface area contributed by atoms with Crippen LogP contribution in [0.1, 0.15) is 22.8 Å². The van der Waals surface area contributed by atoms with Gasteiger partial charge in [0.15, 0.2) is 17.0 Å². The second kappa shape index (κ2) is 9.35. The van der Waals surface area contributed by atoms with E-state index in [1.165, 1.54) is 31.2 Å². The zero-order valence-corrected chi connectivity index (χ0v) is 20.7. The molecule has 0 saturated carbocycles. The molecule has 0 aliphatic rings. The van der Waals surface area contributed by atoms with E-state index in [1.54, 1.807) is 6.07 Å². The van der Waals surface area contributed by atoms with Gasteiger partial charge in [-0.2, -0.15) is 10.5 Å². The third-order valence-corrected chi connectivity index (χ3v) is 6.36. The van der Waals surface area contributed by atoms with Gasteiger partial charge >= 0.3 is 10.2 Å². The van der Waals surface area contributed by atoms with E-state index in [4.69, 9.17) is 21.1 Å². The third kappa shape index (κ3) is 7.03. The number of carbonyl (C=O) groups is 1. The zero-order chi connectivity index (χ0) is 28.4. The van der Waals surface area contributed by atoms with E-state index in [-0.39, 0.29) is 40.0 Å². The number of halogens is 7. The monoisotopic (exact) mass is 575 g/mol. The molecule has 6 nitrogen and oxygen atoms in total. The van der Waals surface area contributed by atoms with Crippen LogP contribution in [0.15, 0.2) is 65.6 Å². The molecule has 3 rings (SSSR count). The van der Waals surface area contributed by atoms with Gasteiger partial charge in [0.05, 0.1) is 22.7 Å². The van der Waals surface area contributed by atoms with Crippen molar-refractivity contribution in [3.63, 3.8) is 0 Å². The number of hydrogen-bond acceptors (Lipinski definition) is 5. The van der Waals surface area contributed by atoms with E-state index < -0.39 is 44.6 Å². The van der Waals surface area contributed by atoms with Crippen molar-refractivity contribution in [1.29, 1.82) is 10.5 Å². The topological polar surface area (TPSA) is 95.1 Å². The van der Waals surface area contributed by atoms with Crippen molar-refractivity contribution < 1.29 is 38.1 Å². The van der Waals surface area contributed by atoms with Crippen molar-refractivity contribution in [2.45, 2.75) is 17.4 Å². The molecule has 3 aromatic rings. The van der Waals surface area contributed by atoms with Gasteiger partial charge in [0.25, 0.3) is 5.91 Å². The Hall–Kier alpha value is -4.07. The van der Waals surface area contributed by atoms with Gasteiger partial charge in [-0.05, 0) is 61.5 Å². The fraction of sp³-hybridized carbons (Fsp3) is 0.125. The quantitative estimate of drug-likeness (QED) is 0.276. The molecule has 0 heterocycles. The van der Waals surface area contributed by atoms with Gasteiger partial charge in [0.1, 0.15) is 23.1 Å². The molecule has 1 amide bonds. The van der Waals surface area contributed by atoms with Crippen LogP contribution in [0.5, 0.6) is 17.2 Å². The first-order valence-electron chi connectivity index (χ1n) is 10.3. The van der Waals surface area contributed by atoms with Crippen LogP contribution in [0.4, 0.5) is 23.8 Å². The fourth-order valence-electron chi connectivity index (χ4n) is 2.96. The van der Waals surface area contributed by atoms with Crippen LogP contribution in [-0.4, -0.2) is 18.1 Å². The molecule has 0 radical (unpaired) electrons. The Kier molecular flexibility index (Phi) is 7.01. The first-order valence-corrected chi connectivity index (χ1v) is 12.6. The Labute approximate surface area is 217 Å². The first kappa shape index (κ1) is 28.5. The lowest BCUT2D eigenvalue weighted by Gasteiger charge is -2.40. The summed E-state index contributed by atoms with van der Waals surface area (Å²) < 4.78 is 89.2. The van der Waals surface area contributed by atoms with Gasteiger partial charge in [-0.15, -0.1) is 0 Å². The van der Waals surface area contributed by atoms with E-state index in [0.29, 0.717) is 12.1 Å². The average molecular weight is 576 g/mol. The highest BCUT2D eigenvalue weighted by molar-refractivity contribution is 8.45. The van der Waals surface area contributed by atoms with Gasteiger partial charge < -0.3 is 14.8 Å². The van der Waals surface area contributed by atoms with Crippen LogP contribution in [0.25, 0.3) is 0 Å². The molecule has 38 heavy (non-hydrogen) atoms. The molecule has 0 bridgehead atoms. The highest BCUT2D eigenvalue weighted by Crippen LogP contribution is 3.02. The molecule has 1 N–H and O–H groups in total. The molecule has 1 unspecified atom stereocenters. The Morgan fingerprint density at radius 2 is 1.61 bits per heavy atom. The second-order valence-electron chi connectivity index (χ2n) is 8.13. The normalized spacial score (nSPS) is 14.6. The summed E-state index contributed by atoms with van der Waals surface area (Å²) >= 11 is 5.98. The Balaban J connectivity index is 1.80. The minimum absolute atomic E-state index is 0.0238. The average Bonchev–Trinajstić information content (AvgIpc) is 2.83. The maximum atomic E-state index is 13.3. The van der Waals surface area contributed by atoms with Crippen LogP contribution < -0.4 is 14.8 Å². The van der Waals surface area contributed by atoms with Crippen molar-refractivity contribution in [3.05, 3.63) is 82.6 Å². The van der Waals surface area contributed by atoms with E-state index in [2.05, 4.69) is 5.32 Å². The Morgan fingerprint density at radius 1 is 0.974 bits per heavy atom. The number of hydrogen-bond donors (Lipinski definition) is 1. The van der Waals surface area contributed by atoms with Gasteiger partial charge in [0.2, 0.25) is 0 Å². The molecule has 0 spiro atoms. The SMILES string of the molecule is CC(C#N)(COc1cc(C#N)ccc1Oc1ccc(F)cc1Cl)NC(=O)c1ccc(S(F)(F)(F)(F)F)cc1. The summed E-state index contributed by atoms with van der Waals surface area (Å²) in [5, 5.41) is 21.0. The minimum atomic E-state index is -9.92. The summed E-state index contributed by atoms with van der Waals surface area (Å²) in [7, 11) is -9.92. The molecular weight excluding hydrogens is 560 g/mol. The van der Waals surface area contributed by atoms with Crippen molar-refractivity contribution in [2.75, 3.05) is 6.61 Å². The first-order chi connectivity index (χ1) is 17.4. The lowest BCUT2D eigenvalue weighted by molar-refractivity contribution is 0.0900. The fourth-order valence-corrected chi connectivity index (χ4v) is 3.81. The smallest absolute Gasteiger partial charge is 0.310 e. The molecule has 0 saturated heterocycles.